The molecule has 0 saturated carbocycles. The Balaban J connectivity index is 1.49. The average Bonchev–Trinajstić information content (AvgIpc) is 3.14. The van der Waals surface area contributed by atoms with E-state index in [0.29, 0.717) is 12.3 Å². The van der Waals surface area contributed by atoms with E-state index >= 15 is 0 Å². The number of anilines is 1. The largest absolute Gasteiger partial charge is 0.494 e. The van der Waals surface area contributed by atoms with Crippen molar-refractivity contribution < 1.29 is 9.53 Å². The summed E-state index contributed by atoms with van der Waals surface area (Å²) in [6, 6.07) is 21.4. The molecule has 0 aliphatic carbocycles. The van der Waals surface area contributed by atoms with Crippen LogP contribution in [0.1, 0.15) is 33.6 Å². The predicted molar refractivity (Wildman–Crippen MR) is 127 cm³/mol. The number of H-pyrrole nitrogens is 1. The van der Waals surface area contributed by atoms with Gasteiger partial charge in [-0.05, 0) is 73.7 Å². The van der Waals surface area contributed by atoms with E-state index in [9.17, 15) is 4.79 Å². The van der Waals surface area contributed by atoms with Crippen molar-refractivity contribution in [2.45, 2.75) is 26.7 Å². The highest BCUT2D eigenvalue weighted by Gasteiger charge is 2.17. The zero-order valence-electron chi connectivity index (χ0n) is 17.7. The molecule has 4 rings (SSSR count). The van der Waals surface area contributed by atoms with Gasteiger partial charge in [0.2, 0.25) is 0 Å². The third kappa shape index (κ3) is 4.75. The van der Waals surface area contributed by atoms with Crippen LogP contribution in [0, 0.1) is 13.8 Å². The summed E-state index contributed by atoms with van der Waals surface area (Å²) in [4.78, 5) is 16.3. The van der Waals surface area contributed by atoms with Gasteiger partial charge in [-0.3, -0.25) is 4.79 Å². The number of carbonyl (C=O) groups excluding carboxylic acids is 1. The molecule has 3 aromatic carbocycles. The molecular weight excluding hydrogens is 408 g/mol. The molecule has 0 aliphatic heterocycles. The second kappa shape index (κ2) is 9.27. The molecule has 0 aliphatic rings. The van der Waals surface area contributed by atoms with Gasteiger partial charge in [0.1, 0.15) is 11.4 Å². The van der Waals surface area contributed by atoms with E-state index in [2.05, 4.69) is 10.3 Å². The normalized spacial score (nSPS) is 10.9. The fraction of sp³-hybridized carbons (Fsp3) is 0.192. The van der Waals surface area contributed by atoms with Crippen molar-refractivity contribution in [3.63, 3.8) is 0 Å². The zero-order chi connectivity index (χ0) is 21.8. The summed E-state index contributed by atoms with van der Waals surface area (Å²) < 4.78 is 5.96. The Kier molecular flexibility index (Phi) is 6.28. The number of rotatable bonds is 7. The number of amides is 1. The van der Waals surface area contributed by atoms with E-state index in [1.54, 1.807) is 0 Å². The van der Waals surface area contributed by atoms with E-state index in [1.165, 1.54) is 0 Å². The van der Waals surface area contributed by atoms with Crippen LogP contribution in [-0.4, -0.2) is 17.5 Å². The minimum Gasteiger partial charge on any atom is -0.494 e. The van der Waals surface area contributed by atoms with Crippen molar-refractivity contribution in [2.75, 3.05) is 11.9 Å². The molecular formula is C26H25ClN2O2. The molecule has 0 saturated heterocycles. The topological polar surface area (TPSA) is 54.1 Å². The van der Waals surface area contributed by atoms with E-state index in [0.717, 1.165) is 56.9 Å². The second-order valence-electron chi connectivity index (χ2n) is 7.67. The van der Waals surface area contributed by atoms with Crippen molar-refractivity contribution in [3.05, 3.63) is 94.1 Å². The molecule has 0 radical (unpaired) electrons. The number of halogens is 1. The molecule has 0 unspecified atom stereocenters. The molecule has 2 N–H and O–H groups in total. The summed E-state index contributed by atoms with van der Waals surface area (Å²) in [5.41, 5.74) is 5.36. The smallest absolute Gasteiger partial charge is 0.272 e. The lowest BCUT2D eigenvalue weighted by molar-refractivity contribution is 0.102. The molecule has 158 valence electrons. The Bertz CT molecular complexity index is 1190. The van der Waals surface area contributed by atoms with Gasteiger partial charge in [0.25, 0.3) is 5.91 Å². The Morgan fingerprint density at radius 1 is 1.00 bits per heavy atom. The number of benzene rings is 3. The van der Waals surface area contributed by atoms with Crippen LogP contribution < -0.4 is 10.1 Å². The molecule has 0 fully saturated rings. The van der Waals surface area contributed by atoms with Crippen molar-refractivity contribution >= 4 is 34.1 Å². The lowest BCUT2D eigenvalue weighted by Crippen LogP contribution is -2.14. The van der Waals surface area contributed by atoms with Crippen molar-refractivity contribution in [3.8, 4) is 5.75 Å². The molecule has 0 spiro atoms. The highest BCUT2D eigenvalue weighted by atomic mass is 35.5. The van der Waals surface area contributed by atoms with Gasteiger partial charge in [-0.25, -0.2) is 0 Å². The summed E-state index contributed by atoms with van der Waals surface area (Å²) in [5.74, 6) is 0.683. The van der Waals surface area contributed by atoms with Crippen LogP contribution in [0.5, 0.6) is 5.75 Å². The number of aromatic amines is 1. The minimum absolute atomic E-state index is 0.137. The van der Waals surface area contributed by atoms with Gasteiger partial charge in [-0.15, -0.1) is 0 Å². The van der Waals surface area contributed by atoms with Gasteiger partial charge in [0.15, 0.2) is 0 Å². The number of aromatic nitrogens is 1. The average molecular weight is 433 g/mol. The van der Waals surface area contributed by atoms with Crippen LogP contribution in [0.25, 0.3) is 10.9 Å². The number of hydrogen-bond donors (Lipinski definition) is 2. The van der Waals surface area contributed by atoms with Crippen LogP contribution in [0.4, 0.5) is 5.69 Å². The van der Waals surface area contributed by atoms with Crippen LogP contribution >= 0.6 is 11.6 Å². The third-order valence-electron chi connectivity index (χ3n) is 5.32. The fourth-order valence-electron chi connectivity index (χ4n) is 3.80. The van der Waals surface area contributed by atoms with Gasteiger partial charge in [-0.2, -0.15) is 0 Å². The second-order valence-corrected chi connectivity index (χ2v) is 8.05. The monoisotopic (exact) mass is 432 g/mol. The zero-order valence-corrected chi connectivity index (χ0v) is 18.4. The van der Waals surface area contributed by atoms with E-state index in [1.807, 2.05) is 80.6 Å². The first-order valence-corrected chi connectivity index (χ1v) is 10.8. The summed E-state index contributed by atoms with van der Waals surface area (Å²) in [5, 5.41) is 4.83. The van der Waals surface area contributed by atoms with Gasteiger partial charge < -0.3 is 15.0 Å². The first-order chi connectivity index (χ1) is 15.0. The fourth-order valence-corrected chi connectivity index (χ4v) is 3.91. The summed E-state index contributed by atoms with van der Waals surface area (Å²) in [6.07, 6.45) is 1.52. The Labute approximate surface area is 187 Å². The van der Waals surface area contributed by atoms with E-state index in [-0.39, 0.29) is 5.91 Å². The third-order valence-corrected chi connectivity index (χ3v) is 5.92. The van der Waals surface area contributed by atoms with Crippen molar-refractivity contribution in [1.82, 2.24) is 4.98 Å². The molecule has 1 aromatic heterocycles. The van der Waals surface area contributed by atoms with Crippen LogP contribution in [-0.2, 0) is 6.42 Å². The van der Waals surface area contributed by atoms with Crippen LogP contribution in [0.15, 0.2) is 66.7 Å². The molecule has 4 aromatic rings. The molecule has 4 nitrogen and oxygen atoms in total. The summed E-state index contributed by atoms with van der Waals surface area (Å²) in [7, 11) is 0. The van der Waals surface area contributed by atoms with Crippen molar-refractivity contribution in [1.29, 1.82) is 0 Å². The first kappa shape index (κ1) is 21.0. The molecule has 5 heteroatoms. The van der Waals surface area contributed by atoms with Crippen molar-refractivity contribution in [2.24, 2.45) is 0 Å². The molecule has 0 atom stereocenters. The van der Waals surface area contributed by atoms with Gasteiger partial charge >= 0.3 is 0 Å². The summed E-state index contributed by atoms with van der Waals surface area (Å²) in [6.45, 7) is 4.51. The van der Waals surface area contributed by atoms with E-state index in [4.69, 9.17) is 16.3 Å². The SMILES string of the molecule is Cc1cc(OCCCc2c(C(=O)Nc3ccccc3)[nH]c3ccccc23)cc(C)c1Cl. The van der Waals surface area contributed by atoms with Gasteiger partial charge in [-0.1, -0.05) is 48.0 Å². The van der Waals surface area contributed by atoms with Gasteiger partial charge in [0.05, 0.1) is 6.61 Å². The lowest BCUT2D eigenvalue weighted by Gasteiger charge is -2.11. The van der Waals surface area contributed by atoms with Gasteiger partial charge in [0, 0.05) is 21.6 Å². The Hall–Kier alpha value is -3.24. The number of carbonyl (C=O) groups is 1. The highest BCUT2D eigenvalue weighted by Crippen LogP contribution is 2.27. The quantitative estimate of drug-likeness (QED) is 0.319. The minimum atomic E-state index is -0.137. The van der Waals surface area contributed by atoms with E-state index < -0.39 is 0 Å². The molecule has 31 heavy (non-hydrogen) atoms. The first-order valence-electron chi connectivity index (χ1n) is 10.4. The lowest BCUT2D eigenvalue weighted by atomic mass is 10.1. The molecule has 0 bridgehead atoms. The highest BCUT2D eigenvalue weighted by molar-refractivity contribution is 6.32. The Morgan fingerprint density at radius 3 is 2.42 bits per heavy atom. The van der Waals surface area contributed by atoms with Crippen LogP contribution in [0.2, 0.25) is 5.02 Å². The predicted octanol–water partition coefficient (Wildman–Crippen LogP) is 6.70. The number of fused-ring (bicyclic) bond motifs is 1. The molecule has 1 amide bonds. The standard InChI is InChI=1S/C26H25ClN2O2/c1-17-15-20(16-18(2)24(17)27)31-14-8-12-22-21-11-6-7-13-23(21)29-25(22)26(30)28-19-9-4-3-5-10-19/h3-7,9-11,13,15-16,29H,8,12,14H2,1-2H3,(H,28,30). The molecule has 1 heterocycles. The number of ether oxygens (including phenoxy) is 1. The maximum Gasteiger partial charge on any atom is 0.272 e. The number of aryl methyl sites for hydroxylation is 3. The number of nitrogens with one attached hydrogen (secondary N) is 2. The van der Waals surface area contributed by atoms with Crippen LogP contribution in [0.3, 0.4) is 0 Å². The maximum absolute atomic E-state index is 13.0. The number of hydrogen-bond acceptors (Lipinski definition) is 2. The number of para-hydroxylation sites is 2. The summed E-state index contributed by atoms with van der Waals surface area (Å²) >= 11 is 6.24. The Morgan fingerprint density at radius 2 is 1.68 bits per heavy atom. The maximum atomic E-state index is 13.0.